The monoisotopic (exact) mass is 329 g/mol. The Kier molecular flexibility index (Phi) is 4.81. The van der Waals surface area contributed by atoms with Crippen LogP contribution in [0.15, 0.2) is 24.4 Å². The van der Waals surface area contributed by atoms with Crippen molar-refractivity contribution in [1.82, 2.24) is 5.32 Å². The predicted molar refractivity (Wildman–Crippen MR) is 76.6 cm³/mol. The number of carbonyl (C=O) groups excluding carboxylic acids is 2. The summed E-state index contributed by atoms with van der Waals surface area (Å²) in [4.78, 5) is 23.6. The van der Waals surface area contributed by atoms with E-state index in [1.165, 1.54) is 6.20 Å². The van der Waals surface area contributed by atoms with Crippen LogP contribution >= 0.6 is 11.6 Å². The van der Waals surface area contributed by atoms with E-state index in [-0.39, 0.29) is 17.2 Å². The number of nitrogens with one attached hydrogen (secondary N) is 1. The van der Waals surface area contributed by atoms with Gasteiger partial charge in [0.05, 0.1) is 11.6 Å². The molecule has 1 fully saturated rings. The molecule has 0 amide bonds. The number of ether oxygens (including phenoxy) is 1. The number of hydrogen-bond acceptors (Lipinski definition) is 4. The average molecular weight is 330 g/mol. The Bertz CT molecular complexity index is 642. The molecular weight excluding hydrogens is 316 g/mol. The number of carbonyl (C=O) groups is 2. The lowest BCUT2D eigenvalue weighted by atomic mass is 10.0. The third kappa shape index (κ3) is 3.44. The van der Waals surface area contributed by atoms with Crippen molar-refractivity contribution in [3.8, 4) is 0 Å². The Balaban J connectivity index is 2.12. The standard InChI is InChI=1S/C15H14ClF2NO3/c1-2-22-13(20)3-6-19-15(4-5-15)14(21)9-7-11(17)12(18)8-10(9)16/h3,6-8,19H,2,4-5H2,1H3/b6-3+. The highest BCUT2D eigenvalue weighted by atomic mass is 35.5. The summed E-state index contributed by atoms with van der Waals surface area (Å²) < 4.78 is 31.0. The van der Waals surface area contributed by atoms with E-state index < -0.39 is 28.9 Å². The number of benzene rings is 1. The van der Waals surface area contributed by atoms with E-state index in [1.54, 1.807) is 6.92 Å². The second-order valence-corrected chi connectivity index (χ2v) is 5.29. The molecule has 1 aromatic carbocycles. The van der Waals surface area contributed by atoms with Crippen LogP contribution < -0.4 is 5.32 Å². The summed E-state index contributed by atoms with van der Waals surface area (Å²) in [6, 6.07) is 1.56. The number of Topliss-reactive ketones (excluding diaryl/α,β-unsaturated/α-hetero) is 1. The van der Waals surface area contributed by atoms with Gasteiger partial charge in [0.2, 0.25) is 0 Å². The SMILES string of the molecule is CCOC(=O)/C=C/NC1(C(=O)c2cc(F)c(F)cc2Cl)CC1. The molecule has 1 N–H and O–H groups in total. The minimum Gasteiger partial charge on any atom is -0.463 e. The second-order valence-electron chi connectivity index (χ2n) is 4.89. The van der Waals surface area contributed by atoms with E-state index in [0.29, 0.717) is 12.8 Å². The highest BCUT2D eigenvalue weighted by molar-refractivity contribution is 6.34. The van der Waals surface area contributed by atoms with Crippen LogP contribution in [0, 0.1) is 11.6 Å². The van der Waals surface area contributed by atoms with Crippen molar-refractivity contribution >= 4 is 23.4 Å². The molecule has 2 rings (SSSR count). The summed E-state index contributed by atoms with van der Waals surface area (Å²) in [5.41, 5.74) is -1.02. The van der Waals surface area contributed by atoms with Gasteiger partial charge in [-0.1, -0.05) is 11.6 Å². The fourth-order valence-electron chi connectivity index (χ4n) is 1.98. The molecule has 0 radical (unpaired) electrons. The maximum absolute atomic E-state index is 13.3. The third-order valence-electron chi connectivity index (χ3n) is 3.30. The molecule has 22 heavy (non-hydrogen) atoms. The molecule has 0 spiro atoms. The summed E-state index contributed by atoms with van der Waals surface area (Å²) >= 11 is 5.81. The molecular formula is C15H14ClF2NO3. The molecule has 1 aliphatic rings. The smallest absolute Gasteiger partial charge is 0.332 e. The lowest BCUT2D eigenvalue weighted by molar-refractivity contribution is -0.137. The molecule has 4 nitrogen and oxygen atoms in total. The van der Waals surface area contributed by atoms with Gasteiger partial charge in [0.15, 0.2) is 17.4 Å². The molecule has 0 aliphatic heterocycles. The van der Waals surface area contributed by atoms with Crippen LogP contribution in [0.5, 0.6) is 0 Å². The van der Waals surface area contributed by atoms with Gasteiger partial charge in [-0.3, -0.25) is 4.79 Å². The Morgan fingerprint density at radius 3 is 2.59 bits per heavy atom. The number of ketones is 1. The van der Waals surface area contributed by atoms with Crippen LogP contribution in [-0.4, -0.2) is 23.9 Å². The van der Waals surface area contributed by atoms with Crippen molar-refractivity contribution in [2.45, 2.75) is 25.3 Å². The Morgan fingerprint density at radius 1 is 1.36 bits per heavy atom. The van der Waals surface area contributed by atoms with Gasteiger partial charge in [0.1, 0.15) is 5.54 Å². The van der Waals surface area contributed by atoms with E-state index in [2.05, 4.69) is 5.32 Å². The molecule has 0 aromatic heterocycles. The van der Waals surface area contributed by atoms with Crippen LogP contribution in [-0.2, 0) is 9.53 Å². The molecule has 0 saturated heterocycles. The molecule has 0 unspecified atom stereocenters. The fourth-order valence-corrected chi connectivity index (χ4v) is 2.21. The largest absolute Gasteiger partial charge is 0.463 e. The van der Waals surface area contributed by atoms with Crippen molar-refractivity contribution in [3.05, 3.63) is 46.6 Å². The quantitative estimate of drug-likeness (QED) is 0.377. The van der Waals surface area contributed by atoms with Crippen molar-refractivity contribution in [1.29, 1.82) is 0 Å². The Hall–Kier alpha value is -1.95. The molecule has 1 saturated carbocycles. The number of esters is 1. The molecule has 0 heterocycles. The van der Waals surface area contributed by atoms with E-state index in [9.17, 15) is 18.4 Å². The Labute approximate surface area is 131 Å². The summed E-state index contributed by atoms with van der Waals surface area (Å²) in [5.74, 6) is -3.22. The molecule has 118 valence electrons. The first-order valence-electron chi connectivity index (χ1n) is 6.70. The van der Waals surface area contributed by atoms with Gasteiger partial charge in [0.25, 0.3) is 0 Å². The highest BCUT2D eigenvalue weighted by Crippen LogP contribution is 2.40. The zero-order valence-electron chi connectivity index (χ0n) is 11.8. The maximum Gasteiger partial charge on any atom is 0.332 e. The first-order chi connectivity index (χ1) is 10.4. The average Bonchev–Trinajstić information content (AvgIpc) is 3.23. The van der Waals surface area contributed by atoms with Gasteiger partial charge in [0, 0.05) is 17.8 Å². The van der Waals surface area contributed by atoms with E-state index in [4.69, 9.17) is 16.3 Å². The van der Waals surface area contributed by atoms with E-state index >= 15 is 0 Å². The van der Waals surface area contributed by atoms with Gasteiger partial charge in [-0.2, -0.15) is 0 Å². The lowest BCUT2D eigenvalue weighted by Crippen LogP contribution is -2.36. The normalized spacial score (nSPS) is 15.6. The molecule has 0 atom stereocenters. The third-order valence-corrected chi connectivity index (χ3v) is 3.62. The van der Waals surface area contributed by atoms with Crippen LogP contribution in [0.3, 0.4) is 0 Å². The van der Waals surface area contributed by atoms with Gasteiger partial charge in [-0.05, 0) is 31.9 Å². The van der Waals surface area contributed by atoms with E-state index in [0.717, 1.165) is 18.2 Å². The molecule has 7 heteroatoms. The maximum atomic E-state index is 13.3. The molecule has 0 bridgehead atoms. The van der Waals surface area contributed by atoms with Crippen LogP contribution in [0.2, 0.25) is 5.02 Å². The van der Waals surface area contributed by atoms with Gasteiger partial charge in [-0.25, -0.2) is 13.6 Å². The van der Waals surface area contributed by atoms with Crippen LogP contribution in [0.25, 0.3) is 0 Å². The van der Waals surface area contributed by atoms with Crippen molar-refractivity contribution in [2.24, 2.45) is 0 Å². The summed E-state index contributed by atoms with van der Waals surface area (Å²) in [7, 11) is 0. The molecule has 1 aromatic rings. The first-order valence-corrected chi connectivity index (χ1v) is 7.08. The van der Waals surface area contributed by atoms with Crippen molar-refractivity contribution in [2.75, 3.05) is 6.61 Å². The Morgan fingerprint density at radius 2 is 2.00 bits per heavy atom. The minimum absolute atomic E-state index is 0.0879. The van der Waals surface area contributed by atoms with Crippen molar-refractivity contribution in [3.63, 3.8) is 0 Å². The second kappa shape index (κ2) is 6.44. The van der Waals surface area contributed by atoms with Gasteiger partial charge >= 0.3 is 5.97 Å². The minimum atomic E-state index is -1.13. The first kappa shape index (κ1) is 16.4. The summed E-state index contributed by atoms with van der Waals surface area (Å²) in [5, 5.41) is 2.67. The summed E-state index contributed by atoms with van der Waals surface area (Å²) in [6.45, 7) is 1.92. The number of hydrogen-bond donors (Lipinski definition) is 1. The summed E-state index contributed by atoms with van der Waals surface area (Å²) in [6.07, 6.45) is 3.49. The zero-order valence-corrected chi connectivity index (χ0v) is 12.5. The molecule has 1 aliphatic carbocycles. The zero-order chi connectivity index (χ0) is 16.3. The number of halogens is 3. The highest BCUT2D eigenvalue weighted by Gasteiger charge is 2.50. The lowest BCUT2D eigenvalue weighted by Gasteiger charge is -2.15. The van der Waals surface area contributed by atoms with Gasteiger partial charge in [-0.15, -0.1) is 0 Å². The van der Waals surface area contributed by atoms with Crippen LogP contribution in [0.1, 0.15) is 30.1 Å². The van der Waals surface area contributed by atoms with Gasteiger partial charge < -0.3 is 10.1 Å². The number of rotatable bonds is 6. The van der Waals surface area contributed by atoms with Crippen molar-refractivity contribution < 1.29 is 23.1 Å². The van der Waals surface area contributed by atoms with E-state index in [1.807, 2.05) is 0 Å². The topological polar surface area (TPSA) is 55.4 Å². The fraction of sp³-hybridized carbons (Fsp3) is 0.333. The predicted octanol–water partition coefficient (Wildman–Crippen LogP) is 3.00. The van der Waals surface area contributed by atoms with Crippen LogP contribution in [0.4, 0.5) is 8.78 Å².